The Balaban J connectivity index is 1.92. The van der Waals surface area contributed by atoms with Crippen molar-refractivity contribution in [3.8, 4) is 0 Å². The summed E-state index contributed by atoms with van der Waals surface area (Å²) in [5.74, 6) is 0.942. The second kappa shape index (κ2) is 4.09. The van der Waals surface area contributed by atoms with Crippen LogP contribution < -0.4 is 10.2 Å². The highest BCUT2D eigenvalue weighted by Crippen LogP contribution is 2.15. The van der Waals surface area contributed by atoms with E-state index < -0.39 is 0 Å². The fraction of sp³-hybridized carbons (Fsp3) is 0.455. The number of fused-ring (bicyclic) bond motifs is 1. The summed E-state index contributed by atoms with van der Waals surface area (Å²) in [4.78, 5) is 14.3. The van der Waals surface area contributed by atoms with Crippen LogP contribution in [0.1, 0.15) is 6.42 Å². The minimum absolute atomic E-state index is 0.801. The number of hydrogen-bond donors (Lipinski definition) is 2. The Hall–Kier alpha value is -1.62. The number of nitrogens with one attached hydrogen (secondary N) is 2. The van der Waals surface area contributed by atoms with E-state index >= 15 is 0 Å². The molecule has 0 aliphatic carbocycles. The summed E-state index contributed by atoms with van der Waals surface area (Å²) in [7, 11) is 0. The Bertz CT molecular complexity index is 437. The molecule has 2 N–H and O–H groups in total. The summed E-state index contributed by atoms with van der Waals surface area (Å²) in [5.41, 5.74) is 1.81. The van der Waals surface area contributed by atoms with Crippen LogP contribution in [0.3, 0.4) is 0 Å². The Labute approximate surface area is 93.9 Å². The van der Waals surface area contributed by atoms with Crippen molar-refractivity contribution in [1.82, 2.24) is 20.3 Å². The van der Waals surface area contributed by atoms with Crippen LogP contribution >= 0.6 is 0 Å². The highest BCUT2D eigenvalue weighted by molar-refractivity contribution is 5.73. The van der Waals surface area contributed by atoms with E-state index in [4.69, 9.17) is 0 Å². The fourth-order valence-electron chi connectivity index (χ4n) is 2.04. The smallest absolute Gasteiger partial charge is 0.205 e. The van der Waals surface area contributed by atoms with Crippen molar-refractivity contribution in [1.29, 1.82) is 0 Å². The zero-order valence-electron chi connectivity index (χ0n) is 9.11. The third-order valence-electron chi connectivity index (χ3n) is 2.88. The van der Waals surface area contributed by atoms with Crippen molar-refractivity contribution in [3.63, 3.8) is 0 Å². The van der Waals surface area contributed by atoms with Crippen LogP contribution in [0.15, 0.2) is 18.3 Å². The Morgan fingerprint density at radius 3 is 3.19 bits per heavy atom. The van der Waals surface area contributed by atoms with Gasteiger partial charge in [-0.2, -0.15) is 4.98 Å². The van der Waals surface area contributed by atoms with Crippen LogP contribution in [-0.4, -0.2) is 41.1 Å². The van der Waals surface area contributed by atoms with Gasteiger partial charge in [0.05, 0.1) is 5.52 Å². The molecule has 0 unspecified atom stereocenters. The lowest BCUT2D eigenvalue weighted by Gasteiger charge is -2.18. The van der Waals surface area contributed by atoms with Gasteiger partial charge >= 0.3 is 0 Å². The van der Waals surface area contributed by atoms with Crippen molar-refractivity contribution >= 4 is 17.1 Å². The van der Waals surface area contributed by atoms with E-state index in [-0.39, 0.29) is 0 Å². The predicted octanol–water partition coefficient (Wildman–Crippen LogP) is 0.758. The van der Waals surface area contributed by atoms with Gasteiger partial charge in [-0.15, -0.1) is 0 Å². The average Bonchev–Trinajstić information content (AvgIpc) is 2.56. The molecule has 0 spiro atoms. The number of aromatic amines is 1. The summed E-state index contributed by atoms with van der Waals surface area (Å²) in [5, 5.41) is 3.38. The molecule has 84 valence electrons. The van der Waals surface area contributed by atoms with Gasteiger partial charge < -0.3 is 15.2 Å². The molecule has 5 heteroatoms. The number of imidazole rings is 1. The van der Waals surface area contributed by atoms with Gasteiger partial charge in [0.25, 0.3) is 0 Å². The molecule has 3 heterocycles. The summed E-state index contributed by atoms with van der Waals surface area (Å²) in [6, 6.07) is 3.93. The zero-order valence-corrected chi connectivity index (χ0v) is 9.11. The molecule has 0 saturated carbocycles. The van der Waals surface area contributed by atoms with E-state index in [9.17, 15) is 0 Å². The topological polar surface area (TPSA) is 56.8 Å². The van der Waals surface area contributed by atoms with Gasteiger partial charge in [0.2, 0.25) is 5.95 Å². The fourth-order valence-corrected chi connectivity index (χ4v) is 2.04. The molecular formula is C11H15N5. The molecule has 5 nitrogen and oxygen atoms in total. The Morgan fingerprint density at radius 1 is 1.25 bits per heavy atom. The standard InChI is InChI=1S/C11H15N5/c1-3-9-10(13-5-1)15-11(14-9)16-7-2-4-12-6-8-16/h1,3,5,12H,2,4,6-8H2,(H,13,14,15). The number of hydrogen-bond acceptors (Lipinski definition) is 4. The molecule has 0 aromatic carbocycles. The van der Waals surface area contributed by atoms with Crippen LogP contribution in [0.2, 0.25) is 0 Å². The molecule has 3 rings (SSSR count). The lowest BCUT2D eigenvalue weighted by atomic mass is 10.4. The van der Waals surface area contributed by atoms with Crippen LogP contribution in [0.25, 0.3) is 11.2 Å². The van der Waals surface area contributed by atoms with E-state index in [1.165, 1.54) is 0 Å². The molecule has 2 aromatic heterocycles. The van der Waals surface area contributed by atoms with Gasteiger partial charge in [0.1, 0.15) is 0 Å². The lowest BCUT2D eigenvalue weighted by Crippen LogP contribution is -2.28. The minimum atomic E-state index is 0.801. The molecule has 1 fully saturated rings. The van der Waals surface area contributed by atoms with Crippen molar-refractivity contribution < 1.29 is 0 Å². The predicted molar refractivity (Wildman–Crippen MR) is 63.6 cm³/mol. The molecule has 0 atom stereocenters. The van der Waals surface area contributed by atoms with Gasteiger partial charge in [0, 0.05) is 25.8 Å². The maximum atomic E-state index is 4.51. The van der Waals surface area contributed by atoms with Crippen LogP contribution in [-0.2, 0) is 0 Å². The van der Waals surface area contributed by atoms with Gasteiger partial charge in [-0.05, 0) is 25.1 Å². The molecule has 0 radical (unpaired) electrons. The summed E-state index contributed by atoms with van der Waals surface area (Å²) in [6.07, 6.45) is 2.93. The second-order valence-electron chi connectivity index (χ2n) is 4.03. The highest BCUT2D eigenvalue weighted by Gasteiger charge is 2.13. The van der Waals surface area contributed by atoms with E-state index in [0.717, 1.165) is 49.7 Å². The first-order chi connectivity index (χ1) is 7.93. The Kier molecular flexibility index (Phi) is 2.46. The normalized spacial score (nSPS) is 17.6. The van der Waals surface area contributed by atoms with E-state index in [0.29, 0.717) is 0 Å². The molecular weight excluding hydrogens is 202 g/mol. The molecule has 2 aromatic rings. The van der Waals surface area contributed by atoms with Gasteiger partial charge in [-0.3, -0.25) is 0 Å². The summed E-state index contributed by atoms with van der Waals surface area (Å²) in [6.45, 7) is 4.16. The molecule has 1 saturated heterocycles. The highest BCUT2D eigenvalue weighted by atomic mass is 15.3. The van der Waals surface area contributed by atoms with Gasteiger partial charge in [-0.25, -0.2) is 4.98 Å². The van der Waals surface area contributed by atoms with E-state index in [2.05, 4.69) is 25.2 Å². The average molecular weight is 217 g/mol. The van der Waals surface area contributed by atoms with Gasteiger partial charge in [0.15, 0.2) is 5.65 Å². The third kappa shape index (κ3) is 1.74. The summed E-state index contributed by atoms with van der Waals surface area (Å²) >= 11 is 0. The quantitative estimate of drug-likeness (QED) is 0.740. The molecule has 16 heavy (non-hydrogen) atoms. The van der Waals surface area contributed by atoms with Crippen molar-refractivity contribution in [2.24, 2.45) is 0 Å². The van der Waals surface area contributed by atoms with Crippen LogP contribution in [0.5, 0.6) is 0 Å². The monoisotopic (exact) mass is 217 g/mol. The first kappa shape index (κ1) is 9.59. The second-order valence-corrected chi connectivity index (χ2v) is 4.03. The lowest BCUT2D eigenvalue weighted by molar-refractivity contribution is 0.724. The first-order valence-electron chi connectivity index (χ1n) is 5.70. The maximum absolute atomic E-state index is 4.51. The molecule has 0 amide bonds. The SMILES string of the molecule is c1cnc2nc(N3CCCNCC3)[nH]c2c1. The molecule has 1 aliphatic rings. The summed E-state index contributed by atoms with van der Waals surface area (Å²) < 4.78 is 0. The number of H-pyrrole nitrogens is 1. The largest absolute Gasteiger partial charge is 0.341 e. The molecule has 1 aliphatic heterocycles. The third-order valence-corrected chi connectivity index (χ3v) is 2.88. The number of aromatic nitrogens is 3. The van der Waals surface area contributed by atoms with Crippen molar-refractivity contribution in [3.05, 3.63) is 18.3 Å². The van der Waals surface area contributed by atoms with E-state index in [1.807, 2.05) is 12.1 Å². The zero-order chi connectivity index (χ0) is 10.8. The minimum Gasteiger partial charge on any atom is -0.341 e. The Morgan fingerprint density at radius 2 is 2.25 bits per heavy atom. The van der Waals surface area contributed by atoms with Crippen LogP contribution in [0, 0.1) is 0 Å². The maximum Gasteiger partial charge on any atom is 0.205 e. The van der Waals surface area contributed by atoms with E-state index in [1.54, 1.807) is 6.20 Å². The van der Waals surface area contributed by atoms with Crippen LogP contribution in [0.4, 0.5) is 5.95 Å². The number of anilines is 1. The van der Waals surface area contributed by atoms with Gasteiger partial charge in [-0.1, -0.05) is 0 Å². The number of rotatable bonds is 1. The first-order valence-corrected chi connectivity index (χ1v) is 5.70. The van der Waals surface area contributed by atoms with Crippen molar-refractivity contribution in [2.75, 3.05) is 31.1 Å². The van der Waals surface area contributed by atoms with Crippen molar-refractivity contribution in [2.45, 2.75) is 6.42 Å². The number of nitrogens with zero attached hydrogens (tertiary/aromatic N) is 3. The molecule has 0 bridgehead atoms. The number of pyridine rings is 1.